The van der Waals surface area contributed by atoms with E-state index >= 15 is 0 Å². The SMILES string of the molecule is N/C(=N/N=C/c1cccnc1)N[N+](=O)[O-]. The Kier molecular flexibility index (Phi) is 3.71. The molecule has 0 unspecified atom stereocenters. The van der Waals surface area contributed by atoms with Crippen LogP contribution in [0.5, 0.6) is 0 Å². The normalized spacial score (nSPS) is 11.6. The van der Waals surface area contributed by atoms with Crippen LogP contribution in [-0.2, 0) is 0 Å². The van der Waals surface area contributed by atoms with Gasteiger partial charge in [-0.05, 0) is 6.07 Å². The van der Waals surface area contributed by atoms with Gasteiger partial charge in [-0.2, -0.15) is 5.10 Å². The highest BCUT2D eigenvalue weighted by molar-refractivity contribution is 5.81. The lowest BCUT2D eigenvalue weighted by molar-refractivity contribution is -0.525. The molecule has 0 atom stereocenters. The van der Waals surface area contributed by atoms with Crippen molar-refractivity contribution in [3.8, 4) is 0 Å². The molecule has 0 fully saturated rings. The van der Waals surface area contributed by atoms with Gasteiger partial charge < -0.3 is 5.73 Å². The van der Waals surface area contributed by atoms with E-state index < -0.39 is 5.03 Å². The van der Waals surface area contributed by atoms with E-state index in [1.165, 1.54) is 6.21 Å². The lowest BCUT2D eigenvalue weighted by Crippen LogP contribution is -2.35. The highest BCUT2D eigenvalue weighted by Crippen LogP contribution is 1.90. The van der Waals surface area contributed by atoms with Gasteiger partial charge in [-0.3, -0.25) is 4.98 Å². The summed E-state index contributed by atoms with van der Waals surface area (Å²) in [6.45, 7) is 0. The van der Waals surface area contributed by atoms with Gasteiger partial charge in [0.15, 0.2) is 5.03 Å². The van der Waals surface area contributed by atoms with Crippen molar-refractivity contribution >= 4 is 12.2 Å². The summed E-state index contributed by atoms with van der Waals surface area (Å²) in [6.07, 6.45) is 4.56. The Morgan fingerprint density at radius 2 is 2.53 bits per heavy atom. The number of nitrogens with two attached hydrogens (primary N) is 1. The highest BCUT2D eigenvalue weighted by Gasteiger charge is 1.96. The Hall–Kier alpha value is -2.51. The zero-order valence-corrected chi connectivity index (χ0v) is 7.57. The van der Waals surface area contributed by atoms with Gasteiger partial charge in [0.2, 0.25) is 0 Å². The minimum Gasteiger partial charge on any atom is -0.364 e. The van der Waals surface area contributed by atoms with Crippen molar-refractivity contribution in [1.82, 2.24) is 10.4 Å². The van der Waals surface area contributed by atoms with Crippen LogP contribution in [0.3, 0.4) is 0 Å². The first-order valence-corrected chi connectivity index (χ1v) is 3.86. The first kappa shape index (κ1) is 10.6. The van der Waals surface area contributed by atoms with Crippen molar-refractivity contribution in [2.45, 2.75) is 0 Å². The Labute approximate surface area is 84.7 Å². The molecule has 0 aliphatic rings. The lowest BCUT2D eigenvalue weighted by Gasteiger charge is -1.91. The number of rotatable bonds is 3. The number of hydrogen-bond acceptors (Lipinski definition) is 5. The maximum atomic E-state index is 9.91. The fourth-order valence-corrected chi connectivity index (χ4v) is 0.726. The molecule has 1 aromatic heterocycles. The monoisotopic (exact) mass is 208 g/mol. The van der Waals surface area contributed by atoms with Crippen LogP contribution < -0.4 is 11.2 Å². The quantitative estimate of drug-likeness (QED) is 0.300. The van der Waals surface area contributed by atoms with Crippen LogP contribution in [0, 0.1) is 10.1 Å². The molecule has 8 nitrogen and oxygen atoms in total. The predicted octanol–water partition coefficient (Wildman–Crippen LogP) is -0.488. The molecule has 0 amide bonds. The van der Waals surface area contributed by atoms with E-state index in [2.05, 4.69) is 15.2 Å². The van der Waals surface area contributed by atoms with E-state index in [0.717, 1.165) is 5.56 Å². The summed E-state index contributed by atoms with van der Waals surface area (Å²) in [5, 5.41) is 16.0. The van der Waals surface area contributed by atoms with Gasteiger partial charge in [0.05, 0.1) is 6.21 Å². The number of hydrazine groups is 1. The minimum absolute atomic E-state index is 0.389. The summed E-state index contributed by atoms with van der Waals surface area (Å²) in [4.78, 5) is 13.8. The third-order valence-corrected chi connectivity index (χ3v) is 1.26. The molecular weight excluding hydrogens is 200 g/mol. The number of aromatic nitrogens is 1. The van der Waals surface area contributed by atoms with Crippen LogP contribution in [0.15, 0.2) is 34.7 Å². The maximum absolute atomic E-state index is 9.91. The van der Waals surface area contributed by atoms with E-state index in [9.17, 15) is 10.1 Å². The topological polar surface area (TPSA) is 119 Å². The molecular formula is C7H8N6O2. The molecule has 0 aliphatic carbocycles. The molecule has 0 saturated heterocycles. The van der Waals surface area contributed by atoms with Crippen LogP contribution in [0.4, 0.5) is 0 Å². The molecule has 8 heteroatoms. The van der Waals surface area contributed by atoms with E-state index in [-0.39, 0.29) is 5.96 Å². The summed E-state index contributed by atoms with van der Waals surface area (Å²) < 4.78 is 0. The lowest BCUT2D eigenvalue weighted by atomic mass is 10.3. The second-order valence-electron chi connectivity index (χ2n) is 2.39. The summed E-state index contributed by atoms with van der Waals surface area (Å²) in [5.41, 5.74) is 7.47. The molecule has 0 spiro atoms. The first-order chi connectivity index (χ1) is 7.18. The number of hydrogen-bond donors (Lipinski definition) is 2. The molecule has 1 aromatic rings. The molecule has 0 aliphatic heterocycles. The first-order valence-electron chi connectivity index (χ1n) is 3.86. The van der Waals surface area contributed by atoms with Crippen molar-refractivity contribution < 1.29 is 5.03 Å². The molecule has 0 radical (unpaired) electrons. The molecule has 15 heavy (non-hydrogen) atoms. The van der Waals surface area contributed by atoms with Gasteiger partial charge in [-0.1, -0.05) is 11.5 Å². The second-order valence-corrected chi connectivity index (χ2v) is 2.39. The van der Waals surface area contributed by atoms with Crippen molar-refractivity contribution in [3.63, 3.8) is 0 Å². The molecule has 78 valence electrons. The molecule has 1 heterocycles. The number of guanidine groups is 1. The van der Waals surface area contributed by atoms with E-state index in [4.69, 9.17) is 5.73 Å². The van der Waals surface area contributed by atoms with E-state index in [1.54, 1.807) is 30.0 Å². The van der Waals surface area contributed by atoms with Crippen molar-refractivity contribution in [2.24, 2.45) is 15.9 Å². The Bertz CT molecular complexity index is 388. The summed E-state index contributed by atoms with van der Waals surface area (Å²) in [5.74, 6) is -0.389. The largest absolute Gasteiger partial charge is 0.364 e. The molecule has 0 bridgehead atoms. The Morgan fingerprint density at radius 1 is 1.73 bits per heavy atom. The third kappa shape index (κ3) is 4.31. The van der Waals surface area contributed by atoms with Gasteiger partial charge in [-0.15, -0.1) is 5.10 Å². The van der Waals surface area contributed by atoms with Gasteiger partial charge >= 0.3 is 0 Å². The predicted molar refractivity (Wildman–Crippen MR) is 53.6 cm³/mol. The fraction of sp³-hybridized carbons (Fsp3) is 0. The van der Waals surface area contributed by atoms with Crippen LogP contribution >= 0.6 is 0 Å². The fourth-order valence-electron chi connectivity index (χ4n) is 0.726. The van der Waals surface area contributed by atoms with E-state index in [0.29, 0.717) is 0 Å². The van der Waals surface area contributed by atoms with Crippen molar-refractivity contribution in [1.29, 1.82) is 0 Å². The average molecular weight is 208 g/mol. The minimum atomic E-state index is -0.821. The summed E-state index contributed by atoms with van der Waals surface area (Å²) in [6, 6.07) is 3.48. The Balaban J connectivity index is 2.56. The standard InChI is InChI=1S/C7H8N6O2/c8-7(12-13(14)15)11-10-5-6-2-1-3-9-4-6/h1-5H,(H3,8,11,12)/b10-5+. The summed E-state index contributed by atoms with van der Waals surface area (Å²) >= 11 is 0. The molecule has 0 saturated carbocycles. The molecule has 0 aromatic carbocycles. The van der Waals surface area contributed by atoms with Crippen molar-refractivity contribution in [2.75, 3.05) is 0 Å². The zero-order chi connectivity index (χ0) is 11.1. The summed E-state index contributed by atoms with van der Waals surface area (Å²) in [7, 11) is 0. The average Bonchev–Trinajstić information content (AvgIpc) is 2.18. The number of nitro groups is 1. The molecule has 3 N–H and O–H groups in total. The van der Waals surface area contributed by atoms with Gasteiger partial charge in [0.25, 0.3) is 5.96 Å². The smallest absolute Gasteiger partial charge is 0.275 e. The number of nitrogens with one attached hydrogen (secondary N) is 1. The van der Waals surface area contributed by atoms with E-state index in [1.807, 2.05) is 0 Å². The van der Waals surface area contributed by atoms with Gasteiger partial charge in [-0.25, -0.2) is 10.1 Å². The number of nitrogens with zero attached hydrogens (tertiary/aromatic N) is 4. The third-order valence-electron chi connectivity index (χ3n) is 1.26. The molecule has 1 rings (SSSR count). The van der Waals surface area contributed by atoms with Crippen LogP contribution in [0.1, 0.15) is 5.56 Å². The maximum Gasteiger partial charge on any atom is 0.275 e. The highest BCUT2D eigenvalue weighted by atomic mass is 16.7. The van der Waals surface area contributed by atoms with Crippen LogP contribution in [-0.4, -0.2) is 22.2 Å². The number of pyridine rings is 1. The van der Waals surface area contributed by atoms with Crippen molar-refractivity contribution in [3.05, 3.63) is 40.2 Å². The Morgan fingerprint density at radius 3 is 3.13 bits per heavy atom. The van der Waals surface area contributed by atoms with Gasteiger partial charge in [0.1, 0.15) is 0 Å². The second kappa shape index (κ2) is 5.27. The van der Waals surface area contributed by atoms with Crippen LogP contribution in [0.2, 0.25) is 0 Å². The van der Waals surface area contributed by atoms with Crippen LogP contribution in [0.25, 0.3) is 0 Å². The zero-order valence-electron chi connectivity index (χ0n) is 7.57. The van der Waals surface area contributed by atoms with Gasteiger partial charge in [0, 0.05) is 18.0 Å².